The van der Waals surface area contributed by atoms with E-state index in [1.807, 2.05) is 54.6 Å². The molecule has 2 aromatic carbocycles. The molecule has 3 heteroatoms. The van der Waals surface area contributed by atoms with Gasteiger partial charge in [0.1, 0.15) is 18.1 Å². The Balaban J connectivity index is 1.21. The number of ether oxygens (including phenoxy) is 2. The van der Waals surface area contributed by atoms with E-state index in [0.717, 1.165) is 28.9 Å². The van der Waals surface area contributed by atoms with E-state index in [4.69, 9.17) is 9.47 Å². The third kappa shape index (κ3) is 2.95. The lowest BCUT2D eigenvalue weighted by molar-refractivity contribution is -0.147. The van der Waals surface area contributed by atoms with Crippen molar-refractivity contribution in [1.29, 1.82) is 0 Å². The number of hydrogen-bond donors (Lipinski definition) is 0. The topological polar surface area (TPSA) is 35.5 Å². The molecule has 0 spiro atoms. The van der Waals surface area contributed by atoms with Gasteiger partial charge in [0, 0.05) is 0 Å². The summed E-state index contributed by atoms with van der Waals surface area (Å²) in [4.78, 5) is 12.6. The first-order valence-electron chi connectivity index (χ1n) is 9.79. The molecule has 0 aromatic heterocycles. The van der Waals surface area contributed by atoms with Gasteiger partial charge in [-0.2, -0.15) is 0 Å². The van der Waals surface area contributed by atoms with Crippen molar-refractivity contribution in [1.82, 2.24) is 0 Å². The Morgan fingerprint density at radius 2 is 1.81 bits per heavy atom. The van der Waals surface area contributed by atoms with Crippen molar-refractivity contribution in [2.45, 2.75) is 26.9 Å². The molecule has 0 amide bonds. The Morgan fingerprint density at radius 3 is 2.59 bits per heavy atom. The van der Waals surface area contributed by atoms with Crippen LogP contribution in [-0.4, -0.2) is 5.97 Å². The molecule has 0 N–H and O–H groups in total. The normalized spacial score (nSPS) is 29.6. The fourth-order valence-corrected chi connectivity index (χ4v) is 5.09. The zero-order valence-corrected chi connectivity index (χ0v) is 15.7. The monoisotopic (exact) mass is 360 g/mol. The fraction of sp³-hybridized carbons (Fsp3) is 0.375. The first-order valence-corrected chi connectivity index (χ1v) is 9.79. The lowest BCUT2D eigenvalue weighted by atomic mass is 10.0. The molecule has 0 saturated heterocycles. The maximum Gasteiger partial charge on any atom is 0.310 e. The van der Waals surface area contributed by atoms with Crippen LogP contribution in [0.2, 0.25) is 0 Å². The van der Waals surface area contributed by atoms with Crippen LogP contribution in [0.15, 0.2) is 65.7 Å². The number of carbonyl (C=O) groups excluding carboxylic acids is 1. The molecule has 5 atom stereocenters. The van der Waals surface area contributed by atoms with Crippen LogP contribution in [-0.2, 0) is 16.1 Å². The molecule has 0 radical (unpaired) electrons. The van der Waals surface area contributed by atoms with E-state index in [1.165, 1.54) is 12.0 Å². The minimum absolute atomic E-state index is 0.0246. The molecule has 3 saturated carbocycles. The van der Waals surface area contributed by atoms with Crippen molar-refractivity contribution < 1.29 is 14.3 Å². The van der Waals surface area contributed by atoms with Gasteiger partial charge in [-0.3, -0.25) is 4.79 Å². The molecule has 0 aliphatic heterocycles. The van der Waals surface area contributed by atoms with Crippen molar-refractivity contribution in [2.75, 3.05) is 0 Å². The molecular formula is C24H24O3. The summed E-state index contributed by atoms with van der Waals surface area (Å²) in [6.07, 6.45) is 1.28. The van der Waals surface area contributed by atoms with Crippen molar-refractivity contribution in [2.24, 2.45) is 29.6 Å². The zero-order chi connectivity index (χ0) is 18.5. The van der Waals surface area contributed by atoms with Crippen LogP contribution >= 0.6 is 0 Å². The number of para-hydroxylation sites is 1. The van der Waals surface area contributed by atoms with Gasteiger partial charge in [-0.25, -0.2) is 0 Å². The van der Waals surface area contributed by atoms with Gasteiger partial charge in [0.25, 0.3) is 0 Å². The van der Waals surface area contributed by atoms with Crippen molar-refractivity contribution in [3.63, 3.8) is 0 Å². The number of esters is 1. The number of hydrogen-bond acceptors (Lipinski definition) is 3. The second-order valence-electron chi connectivity index (χ2n) is 8.26. The summed E-state index contributed by atoms with van der Waals surface area (Å²) in [7, 11) is 0. The van der Waals surface area contributed by atoms with Crippen LogP contribution in [0.1, 0.15) is 25.8 Å². The summed E-state index contributed by atoms with van der Waals surface area (Å²) in [5.41, 5.74) is 3.93. The number of allylic oxidation sites excluding steroid dienone is 2. The first-order chi connectivity index (χ1) is 13.1. The molecule has 138 valence electrons. The maximum absolute atomic E-state index is 12.6. The standard InChI is InChI=1S/C24H24O3/c1-14(2)20-18-12-19(18)21-22(20)23(21)24(25)26-13-15-7-6-10-17(11-15)27-16-8-4-3-5-9-16/h3-11,18-19,21-23H,12-13H2,1-2H3/t18-,19+,21-,22+,23+/m0/s1. The summed E-state index contributed by atoms with van der Waals surface area (Å²) in [6, 6.07) is 17.4. The van der Waals surface area contributed by atoms with Gasteiger partial charge in [-0.05, 0) is 73.8 Å². The summed E-state index contributed by atoms with van der Waals surface area (Å²) < 4.78 is 11.5. The molecule has 2 aromatic rings. The highest BCUT2D eigenvalue weighted by Crippen LogP contribution is 2.75. The second-order valence-corrected chi connectivity index (χ2v) is 8.26. The quantitative estimate of drug-likeness (QED) is 0.531. The van der Waals surface area contributed by atoms with E-state index in [-0.39, 0.29) is 11.9 Å². The Hall–Kier alpha value is -2.55. The van der Waals surface area contributed by atoms with Crippen molar-refractivity contribution in [3.05, 3.63) is 71.3 Å². The summed E-state index contributed by atoms with van der Waals surface area (Å²) >= 11 is 0. The van der Waals surface area contributed by atoms with E-state index in [1.54, 1.807) is 5.57 Å². The van der Waals surface area contributed by atoms with E-state index < -0.39 is 0 Å². The van der Waals surface area contributed by atoms with Crippen LogP contribution in [0, 0.1) is 29.6 Å². The van der Waals surface area contributed by atoms with Gasteiger partial charge < -0.3 is 9.47 Å². The average Bonchev–Trinajstić information content (AvgIpc) is 3.57. The average molecular weight is 360 g/mol. The predicted molar refractivity (Wildman–Crippen MR) is 103 cm³/mol. The molecular weight excluding hydrogens is 336 g/mol. The maximum atomic E-state index is 12.6. The molecule has 5 rings (SSSR count). The molecule has 3 nitrogen and oxygen atoms in total. The Labute approximate surface area is 160 Å². The van der Waals surface area contributed by atoms with Crippen molar-refractivity contribution >= 4 is 5.97 Å². The van der Waals surface area contributed by atoms with Gasteiger partial charge in [0.05, 0.1) is 5.92 Å². The smallest absolute Gasteiger partial charge is 0.310 e. The third-order valence-corrected chi connectivity index (χ3v) is 6.28. The fourth-order valence-electron chi connectivity index (χ4n) is 5.09. The predicted octanol–water partition coefficient (Wildman–Crippen LogP) is 5.37. The number of fused-ring (bicyclic) bond motifs is 3. The molecule has 3 fully saturated rings. The minimum Gasteiger partial charge on any atom is -0.461 e. The Kier molecular flexibility index (Phi) is 3.85. The van der Waals surface area contributed by atoms with Gasteiger partial charge in [0.15, 0.2) is 0 Å². The summed E-state index contributed by atoms with van der Waals surface area (Å²) in [5, 5.41) is 0. The molecule has 0 unspecified atom stereocenters. The Bertz CT molecular complexity index is 910. The summed E-state index contributed by atoms with van der Waals surface area (Å²) in [6.45, 7) is 4.68. The number of benzene rings is 2. The molecule has 0 bridgehead atoms. The lowest BCUT2D eigenvalue weighted by Gasteiger charge is -2.10. The Morgan fingerprint density at radius 1 is 1.04 bits per heavy atom. The van der Waals surface area contributed by atoms with E-state index in [2.05, 4.69) is 13.8 Å². The highest BCUT2D eigenvalue weighted by Gasteiger charge is 2.73. The van der Waals surface area contributed by atoms with E-state index in [0.29, 0.717) is 18.4 Å². The van der Waals surface area contributed by atoms with E-state index >= 15 is 0 Å². The van der Waals surface area contributed by atoms with Crippen LogP contribution < -0.4 is 4.74 Å². The minimum atomic E-state index is -0.0246. The van der Waals surface area contributed by atoms with Crippen LogP contribution in [0.4, 0.5) is 0 Å². The van der Waals surface area contributed by atoms with Gasteiger partial charge in [-0.1, -0.05) is 41.5 Å². The van der Waals surface area contributed by atoms with Crippen molar-refractivity contribution in [3.8, 4) is 11.5 Å². The van der Waals surface area contributed by atoms with Gasteiger partial charge in [0.2, 0.25) is 0 Å². The van der Waals surface area contributed by atoms with Crippen LogP contribution in [0.3, 0.4) is 0 Å². The molecule has 0 heterocycles. The lowest BCUT2D eigenvalue weighted by Crippen LogP contribution is -2.12. The van der Waals surface area contributed by atoms with Crippen LogP contribution in [0.25, 0.3) is 0 Å². The van der Waals surface area contributed by atoms with E-state index in [9.17, 15) is 4.79 Å². The van der Waals surface area contributed by atoms with Gasteiger partial charge >= 0.3 is 5.97 Å². The molecule has 27 heavy (non-hydrogen) atoms. The van der Waals surface area contributed by atoms with Gasteiger partial charge in [-0.15, -0.1) is 0 Å². The molecule has 3 aliphatic carbocycles. The zero-order valence-electron chi connectivity index (χ0n) is 15.7. The SMILES string of the molecule is CC(C)=C1[C@H]2[C@H](C(=O)OCc3cccc(Oc4ccccc4)c3)[C@H]2[C@@H]2C[C@H]12. The van der Waals surface area contributed by atoms with Crippen LogP contribution in [0.5, 0.6) is 11.5 Å². The number of carbonyl (C=O) groups is 1. The number of rotatable bonds is 5. The highest BCUT2D eigenvalue weighted by molar-refractivity contribution is 5.79. The summed E-state index contributed by atoms with van der Waals surface area (Å²) in [5.74, 6) is 4.18. The molecule has 3 aliphatic rings. The second kappa shape index (κ2) is 6.26. The first kappa shape index (κ1) is 16.6. The highest BCUT2D eigenvalue weighted by atomic mass is 16.5. The third-order valence-electron chi connectivity index (χ3n) is 6.28. The largest absolute Gasteiger partial charge is 0.461 e.